The van der Waals surface area contributed by atoms with Crippen LogP contribution in [0, 0.1) is 0 Å². The van der Waals surface area contributed by atoms with Gasteiger partial charge in [-0.1, -0.05) is 26.2 Å². The largest absolute Gasteiger partial charge is 0.491 e. The van der Waals surface area contributed by atoms with Gasteiger partial charge in [-0.15, -0.1) is 0 Å². The summed E-state index contributed by atoms with van der Waals surface area (Å²) in [4.78, 5) is 10.6. The molecule has 0 radical (unpaired) electrons. The monoisotopic (exact) mass is 293 g/mol. The molecule has 118 valence electrons. The summed E-state index contributed by atoms with van der Waals surface area (Å²) < 4.78 is 11.1. The molecular weight excluding hydrogens is 266 g/mol. The van der Waals surface area contributed by atoms with Crippen molar-refractivity contribution in [2.24, 2.45) is 0 Å². The van der Waals surface area contributed by atoms with Gasteiger partial charge in [-0.05, 0) is 37.2 Å². The van der Waals surface area contributed by atoms with Gasteiger partial charge in [0.15, 0.2) is 0 Å². The molecule has 0 amide bonds. The zero-order chi connectivity index (χ0) is 15.3. The van der Waals surface area contributed by atoms with Crippen molar-refractivity contribution in [2.75, 3.05) is 26.8 Å². The van der Waals surface area contributed by atoms with Gasteiger partial charge in [-0.2, -0.15) is 0 Å². The standard InChI is InChI=1S/C17H27NO3/c1-3-4-5-6-11-18-12-17(20-2)14-21-16-9-7-15(13-19)8-10-16/h7-10,13,17-18H,3-6,11-12,14H2,1-2H3. The first-order valence-corrected chi connectivity index (χ1v) is 7.71. The number of rotatable bonds is 12. The molecule has 21 heavy (non-hydrogen) atoms. The Kier molecular flexibility index (Phi) is 9.49. The highest BCUT2D eigenvalue weighted by Crippen LogP contribution is 2.11. The lowest BCUT2D eigenvalue weighted by Crippen LogP contribution is -2.33. The zero-order valence-corrected chi connectivity index (χ0v) is 13.1. The van der Waals surface area contributed by atoms with E-state index in [1.54, 1.807) is 31.4 Å². The van der Waals surface area contributed by atoms with Crippen LogP contribution in [0.3, 0.4) is 0 Å². The number of aldehydes is 1. The molecule has 0 aromatic heterocycles. The lowest BCUT2D eigenvalue weighted by atomic mass is 10.2. The molecule has 0 aliphatic rings. The molecule has 0 saturated heterocycles. The summed E-state index contributed by atoms with van der Waals surface area (Å²) in [5, 5.41) is 3.40. The van der Waals surface area contributed by atoms with E-state index in [1.165, 1.54) is 25.7 Å². The summed E-state index contributed by atoms with van der Waals surface area (Å²) in [5.74, 6) is 0.755. The van der Waals surface area contributed by atoms with Crippen molar-refractivity contribution < 1.29 is 14.3 Å². The second kappa shape index (κ2) is 11.3. The smallest absolute Gasteiger partial charge is 0.150 e. The summed E-state index contributed by atoms with van der Waals surface area (Å²) in [5.41, 5.74) is 0.652. The van der Waals surface area contributed by atoms with Crippen molar-refractivity contribution in [1.29, 1.82) is 0 Å². The molecule has 0 bridgehead atoms. The van der Waals surface area contributed by atoms with Crippen LogP contribution in [0.25, 0.3) is 0 Å². The molecule has 0 heterocycles. The van der Waals surface area contributed by atoms with Crippen LogP contribution >= 0.6 is 0 Å². The van der Waals surface area contributed by atoms with E-state index in [9.17, 15) is 4.79 Å². The number of hydrogen-bond acceptors (Lipinski definition) is 4. The molecular formula is C17H27NO3. The molecule has 0 spiro atoms. The molecule has 1 atom stereocenters. The Labute approximate surface area is 127 Å². The molecule has 1 aromatic carbocycles. The Morgan fingerprint density at radius 2 is 1.95 bits per heavy atom. The fourth-order valence-electron chi connectivity index (χ4n) is 1.98. The normalized spacial score (nSPS) is 12.1. The van der Waals surface area contributed by atoms with Gasteiger partial charge in [0.25, 0.3) is 0 Å². The average Bonchev–Trinajstić information content (AvgIpc) is 2.54. The maximum absolute atomic E-state index is 10.6. The van der Waals surface area contributed by atoms with Crippen molar-refractivity contribution in [2.45, 2.75) is 38.7 Å². The summed E-state index contributed by atoms with van der Waals surface area (Å²) in [6.45, 7) is 4.52. The first-order valence-electron chi connectivity index (χ1n) is 7.71. The SMILES string of the molecule is CCCCCCNCC(COc1ccc(C=O)cc1)OC. The first-order chi connectivity index (χ1) is 10.3. The van der Waals surface area contributed by atoms with Crippen LogP contribution in [0.4, 0.5) is 0 Å². The fourth-order valence-corrected chi connectivity index (χ4v) is 1.98. The Morgan fingerprint density at radius 3 is 2.57 bits per heavy atom. The molecule has 4 nitrogen and oxygen atoms in total. The number of carbonyl (C=O) groups excluding carboxylic acids is 1. The average molecular weight is 293 g/mol. The van der Waals surface area contributed by atoms with Crippen LogP contribution in [0.2, 0.25) is 0 Å². The summed E-state index contributed by atoms with van der Waals surface area (Å²) >= 11 is 0. The van der Waals surface area contributed by atoms with Gasteiger partial charge < -0.3 is 14.8 Å². The molecule has 0 saturated carbocycles. The molecule has 0 aliphatic carbocycles. The van der Waals surface area contributed by atoms with Crippen LogP contribution in [0.15, 0.2) is 24.3 Å². The van der Waals surface area contributed by atoms with Crippen molar-refractivity contribution in [3.05, 3.63) is 29.8 Å². The Balaban J connectivity index is 2.19. The van der Waals surface area contributed by atoms with E-state index >= 15 is 0 Å². The molecule has 0 fully saturated rings. The topological polar surface area (TPSA) is 47.6 Å². The quantitative estimate of drug-likeness (QED) is 0.475. The fraction of sp³-hybridized carbons (Fsp3) is 0.588. The van der Waals surface area contributed by atoms with E-state index in [0.717, 1.165) is 25.1 Å². The molecule has 4 heteroatoms. The minimum atomic E-state index is 0.0296. The summed E-state index contributed by atoms with van der Waals surface area (Å²) in [7, 11) is 1.70. The van der Waals surface area contributed by atoms with Crippen molar-refractivity contribution in [3.8, 4) is 5.75 Å². The predicted octanol–water partition coefficient (Wildman–Crippen LogP) is 3.06. The van der Waals surface area contributed by atoms with Gasteiger partial charge in [-0.3, -0.25) is 4.79 Å². The van der Waals surface area contributed by atoms with Crippen LogP contribution in [0.5, 0.6) is 5.75 Å². The zero-order valence-electron chi connectivity index (χ0n) is 13.1. The Morgan fingerprint density at radius 1 is 1.19 bits per heavy atom. The number of ether oxygens (including phenoxy) is 2. The molecule has 1 N–H and O–H groups in total. The Bertz CT molecular complexity index is 378. The van der Waals surface area contributed by atoms with E-state index in [1.807, 2.05) is 0 Å². The number of methoxy groups -OCH3 is 1. The highest BCUT2D eigenvalue weighted by Gasteiger charge is 2.07. The number of carbonyl (C=O) groups is 1. The lowest BCUT2D eigenvalue weighted by Gasteiger charge is -2.17. The molecule has 1 rings (SSSR count). The van der Waals surface area contributed by atoms with Crippen LogP contribution in [0.1, 0.15) is 43.0 Å². The van der Waals surface area contributed by atoms with Gasteiger partial charge in [0, 0.05) is 19.2 Å². The third-order valence-electron chi connectivity index (χ3n) is 3.36. The number of hydrogen-bond donors (Lipinski definition) is 1. The minimum Gasteiger partial charge on any atom is -0.491 e. The van der Waals surface area contributed by atoms with E-state index in [-0.39, 0.29) is 6.10 Å². The van der Waals surface area contributed by atoms with E-state index in [2.05, 4.69) is 12.2 Å². The van der Waals surface area contributed by atoms with E-state index in [0.29, 0.717) is 12.2 Å². The number of nitrogens with one attached hydrogen (secondary N) is 1. The van der Waals surface area contributed by atoms with Crippen molar-refractivity contribution >= 4 is 6.29 Å². The number of unbranched alkanes of at least 4 members (excludes halogenated alkanes) is 3. The molecule has 1 aromatic rings. The third-order valence-corrected chi connectivity index (χ3v) is 3.36. The second-order valence-corrected chi connectivity index (χ2v) is 5.12. The van der Waals surface area contributed by atoms with Crippen LogP contribution in [-0.4, -0.2) is 39.2 Å². The summed E-state index contributed by atoms with van der Waals surface area (Å²) in [6, 6.07) is 7.09. The van der Waals surface area contributed by atoms with Gasteiger partial charge >= 0.3 is 0 Å². The van der Waals surface area contributed by atoms with E-state index in [4.69, 9.17) is 9.47 Å². The van der Waals surface area contributed by atoms with Gasteiger partial charge in [0.2, 0.25) is 0 Å². The molecule has 1 unspecified atom stereocenters. The lowest BCUT2D eigenvalue weighted by molar-refractivity contribution is 0.0581. The molecule has 0 aliphatic heterocycles. The van der Waals surface area contributed by atoms with Gasteiger partial charge in [0.1, 0.15) is 24.7 Å². The van der Waals surface area contributed by atoms with E-state index < -0.39 is 0 Å². The maximum atomic E-state index is 10.6. The van der Waals surface area contributed by atoms with Gasteiger partial charge in [0.05, 0.1) is 0 Å². The number of benzene rings is 1. The Hall–Kier alpha value is -1.39. The summed E-state index contributed by atoms with van der Waals surface area (Å²) in [6.07, 6.45) is 5.90. The predicted molar refractivity (Wildman–Crippen MR) is 85.1 cm³/mol. The minimum absolute atomic E-state index is 0.0296. The second-order valence-electron chi connectivity index (χ2n) is 5.12. The maximum Gasteiger partial charge on any atom is 0.150 e. The van der Waals surface area contributed by atoms with Crippen LogP contribution < -0.4 is 10.1 Å². The highest BCUT2D eigenvalue weighted by atomic mass is 16.5. The van der Waals surface area contributed by atoms with Gasteiger partial charge in [-0.25, -0.2) is 0 Å². The highest BCUT2D eigenvalue weighted by molar-refractivity contribution is 5.74. The first kappa shape index (κ1) is 17.7. The third kappa shape index (κ3) is 7.83. The van der Waals surface area contributed by atoms with Crippen LogP contribution in [-0.2, 0) is 4.74 Å². The van der Waals surface area contributed by atoms with Crippen molar-refractivity contribution in [1.82, 2.24) is 5.32 Å². The van der Waals surface area contributed by atoms with Crippen molar-refractivity contribution in [3.63, 3.8) is 0 Å².